The lowest BCUT2D eigenvalue weighted by atomic mass is 9.75. The van der Waals surface area contributed by atoms with Gasteiger partial charge in [0.05, 0.1) is 42.2 Å². The van der Waals surface area contributed by atoms with Crippen molar-refractivity contribution in [3.63, 3.8) is 0 Å². The maximum atomic E-state index is 15.0. The van der Waals surface area contributed by atoms with Gasteiger partial charge >= 0.3 is 13.1 Å². The van der Waals surface area contributed by atoms with Crippen molar-refractivity contribution in [3.8, 4) is 0 Å². The molecule has 0 spiro atoms. The lowest BCUT2D eigenvalue weighted by molar-refractivity contribution is -0.142. The summed E-state index contributed by atoms with van der Waals surface area (Å²) in [5.74, 6) is -0.368. The first-order chi connectivity index (χ1) is 15.6. The van der Waals surface area contributed by atoms with Crippen LogP contribution >= 0.6 is 0 Å². The third-order valence-electron chi connectivity index (χ3n) is 7.68. The lowest BCUT2D eigenvalue weighted by Gasteiger charge is -2.32. The number of nitrogens with zero attached hydrogens (tertiary/aromatic N) is 1. The van der Waals surface area contributed by atoms with E-state index < -0.39 is 18.3 Å². The number of ether oxygens (including phenoxy) is 1. The molecule has 1 aromatic carbocycles. The van der Waals surface area contributed by atoms with Crippen LogP contribution in [0.4, 0.5) is 10.1 Å². The fourth-order valence-corrected chi connectivity index (χ4v) is 4.92. The van der Waals surface area contributed by atoms with Gasteiger partial charge in [-0.05, 0) is 76.2 Å². The molecule has 2 heterocycles. The molecule has 2 aromatic rings. The van der Waals surface area contributed by atoms with Crippen molar-refractivity contribution >= 4 is 24.2 Å². The molecular weight excluding hydrogens is 422 g/mol. The predicted molar refractivity (Wildman–Crippen MR) is 124 cm³/mol. The van der Waals surface area contributed by atoms with Crippen LogP contribution in [0.3, 0.4) is 0 Å². The standard InChI is InChI=1S/C25H30BFN2O4/c1-24(2)25(3,4)33-26(32-24)18-8-9-19(27)22-15(18)7-11-21(22)29-14-6-10-20(28-13-14)16-12-17(16)23(30)31-5/h6,8-10,13,16-17,21,29H,7,11-12H2,1-5H3/t16-,17-,21-/m1/s1. The van der Waals surface area contributed by atoms with Crippen molar-refractivity contribution < 1.29 is 23.2 Å². The van der Waals surface area contributed by atoms with Gasteiger partial charge in [-0.1, -0.05) is 6.07 Å². The van der Waals surface area contributed by atoms with Crippen molar-refractivity contribution in [2.24, 2.45) is 5.92 Å². The van der Waals surface area contributed by atoms with Gasteiger partial charge in [0, 0.05) is 17.2 Å². The van der Waals surface area contributed by atoms with Gasteiger partial charge in [0.1, 0.15) is 5.82 Å². The van der Waals surface area contributed by atoms with E-state index in [0.29, 0.717) is 5.56 Å². The summed E-state index contributed by atoms with van der Waals surface area (Å²) >= 11 is 0. The molecule has 5 rings (SSSR count). The maximum absolute atomic E-state index is 15.0. The number of halogens is 1. The van der Waals surface area contributed by atoms with E-state index in [2.05, 4.69) is 10.3 Å². The van der Waals surface area contributed by atoms with E-state index >= 15 is 0 Å². The van der Waals surface area contributed by atoms with Gasteiger partial charge in [0.2, 0.25) is 0 Å². The van der Waals surface area contributed by atoms with Crippen LogP contribution in [0, 0.1) is 11.7 Å². The zero-order valence-corrected chi connectivity index (χ0v) is 19.8. The van der Waals surface area contributed by atoms with Crippen molar-refractivity contribution in [1.29, 1.82) is 0 Å². The van der Waals surface area contributed by atoms with E-state index in [9.17, 15) is 9.18 Å². The second-order valence-corrected chi connectivity index (χ2v) is 10.3. The van der Waals surface area contributed by atoms with Gasteiger partial charge in [0.25, 0.3) is 0 Å². The number of anilines is 1. The Bertz CT molecular complexity index is 1070. The highest BCUT2D eigenvalue weighted by Crippen LogP contribution is 2.47. The molecule has 0 unspecified atom stereocenters. The number of carbonyl (C=O) groups is 1. The first-order valence-electron chi connectivity index (χ1n) is 11.6. The van der Waals surface area contributed by atoms with Crippen LogP contribution < -0.4 is 10.8 Å². The maximum Gasteiger partial charge on any atom is 0.495 e. The summed E-state index contributed by atoms with van der Waals surface area (Å²) < 4.78 is 32.3. The quantitative estimate of drug-likeness (QED) is 0.549. The van der Waals surface area contributed by atoms with Crippen molar-refractivity contribution in [1.82, 2.24) is 4.98 Å². The highest BCUT2D eigenvalue weighted by molar-refractivity contribution is 6.62. The molecule has 1 N–H and O–H groups in total. The van der Waals surface area contributed by atoms with Crippen LogP contribution in [0.25, 0.3) is 0 Å². The van der Waals surface area contributed by atoms with E-state index in [4.69, 9.17) is 14.0 Å². The molecule has 174 valence electrons. The molecule has 1 aliphatic heterocycles. The van der Waals surface area contributed by atoms with Gasteiger partial charge < -0.3 is 19.4 Å². The van der Waals surface area contributed by atoms with Crippen LogP contribution in [0.15, 0.2) is 30.5 Å². The Balaban J connectivity index is 1.33. The number of hydrogen-bond donors (Lipinski definition) is 1. The van der Waals surface area contributed by atoms with Crippen LogP contribution in [0.5, 0.6) is 0 Å². The third-order valence-corrected chi connectivity index (χ3v) is 7.68. The summed E-state index contributed by atoms with van der Waals surface area (Å²) in [6.07, 6.45) is 4.06. The summed E-state index contributed by atoms with van der Waals surface area (Å²) in [5.41, 5.74) is 3.37. The Kier molecular flexibility index (Phi) is 5.29. The van der Waals surface area contributed by atoms with Crippen LogP contribution in [0.1, 0.15) is 69.3 Å². The van der Waals surface area contributed by atoms with Gasteiger partial charge in [0.15, 0.2) is 0 Å². The number of methoxy groups -OCH3 is 1. The normalized spacial score (nSPS) is 26.7. The van der Waals surface area contributed by atoms with Gasteiger partial charge in [-0.15, -0.1) is 0 Å². The average Bonchev–Trinajstić information content (AvgIpc) is 3.40. The second-order valence-electron chi connectivity index (χ2n) is 10.3. The summed E-state index contributed by atoms with van der Waals surface area (Å²) in [7, 11) is 0.903. The minimum absolute atomic E-state index is 0.0921. The summed E-state index contributed by atoms with van der Waals surface area (Å²) in [4.78, 5) is 16.2. The number of hydrogen-bond acceptors (Lipinski definition) is 6. The number of esters is 1. The summed E-state index contributed by atoms with van der Waals surface area (Å²) in [6.45, 7) is 8.08. The molecule has 8 heteroatoms. The average molecular weight is 452 g/mol. The van der Waals surface area contributed by atoms with Crippen LogP contribution in [-0.4, -0.2) is 36.4 Å². The Morgan fingerprint density at radius 1 is 1.18 bits per heavy atom. The highest BCUT2D eigenvalue weighted by Gasteiger charge is 2.52. The van der Waals surface area contributed by atoms with E-state index in [0.717, 1.165) is 41.7 Å². The summed E-state index contributed by atoms with van der Waals surface area (Å²) in [5, 5.41) is 3.44. The first-order valence-corrected chi connectivity index (χ1v) is 11.6. The van der Waals surface area contributed by atoms with Crippen molar-refractivity contribution in [3.05, 3.63) is 53.1 Å². The van der Waals surface area contributed by atoms with Crippen molar-refractivity contribution in [2.45, 2.75) is 70.1 Å². The zero-order chi connectivity index (χ0) is 23.5. The molecule has 0 bridgehead atoms. The molecule has 3 atom stereocenters. The molecule has 33 heavy (non-hydrogen) atoms. The van der Waals surface area contributed by atoms with E-state index in [-0.39, 0.29) is 29.7 Å². The number of nitrogens with one attached hydrogen (secondary N) is 1. The van der Waals surface area contributed by atoms with Crippen LogP contribution in [-0.2, 0) is 25.3 Å². The molecule has 2 aliphatic carbocycles. The zero-order valence-electron chi connectivity index (χ0n) is 19.8. The smallest absolute Gasteiger partial charge is 0.469 e. The topological polar surface area (TPSA) is 69.7 Å². The molecule has 0 radical (unpaired) electrons. The third kappa shape index (κ3) is 3.83. The fourth-order valence-electron chi connectivity index (χ4n) is 4.92. The molecule has 2 fully saturated rings. The number of carbonyl (C=O) groups excluding carboxylic acids is 1. The van der Waals surface area contributed by atoms with Gasteiger partial charge in [-0.25, -0.2) is 4.39 Å². The molecule has 1 saturated heterocycles. The molecular formula is C25H30BFN2O4. The number of rotatable bonds is 5. The SMILES string of the molecule is COC(=O)[C@@H]1C[C@H]1c1ccc(N[C@@H]2CCc3c(B4OC(C)(C)C(C)(C)O4)ccc(F)c32)cn1. The Hall–Kier alpha value is -2.45. The van der Waals surface area contributed by atoms with E-state index in [1.807, 2.05) is 39.8 Å². The highest BCUT2D eigenvalue weighted by atomic mass is 19.1. The Labute approximate surface area is 194 Å². The molecule has 1 aromatic heterocycles. The number of fused-ring (bicyclic) bond motifs is 1. The second kappa shape index (κ2) is 7.81. The molecule has 1 saturated carbocycles. The first kappa shape index (κ1) is 22.4. The molecule has 6 nitrogen and oxygen atoms in total. The number of aromatic nitrogens is 1. The lowest BCUT2D eigenvalue weighted by Crippen LogP contribution is -2.41. The largest absolute Gasteiger partial charge is 0.495 e. The van der Waals surface area contributed by atoms with Crippen molar-refractivity contribution in [2.75, 3.05) is 12.4 Å². The Morgan fingerprint density at radius 2 is 1.91 bits per heavy atom. The Morgan fingerprint density at radius 3 is 2.55 bits per heavy atom. The number of benzene rings is 1. The van der Waals surface area contributed by atoms with Gasteiger partial charge in [-0.2, -0.15) is 0 Å². The predicted octanol–water partition coefficient (Wildman–Crippen LogP) is 3.90. The minimum Gasteiger partial charge on any atom is -0.469 e. The molecule has 0 amide bonds. The monoisotopic (exact) mass is 452 g/mol. The minimum atomic E-state index is -0.509. The van der Waals surface area contributed by atoms with Crippen LogP contribution in [0.2, 0.25) is 0 Å². The molecule has 3 aliphatic rings. The van der Waals surface area contributed by atoms with E-state index in [1.54, 1.807) is 12.3 Å². The summed E-state index contributed by atoms with van der Waals surface area (Å²) in [6, 6.07) is 7.04. The fraction of sp³-hybridized carbons (Fsp3) is 0.520. The number of pyridine rings is 1. The van der Waals surface area contributed by atoms with E-state index in [1.165, 1.54) is 13.2 Å². The van der Waals surface area contributed by atoms with Gasteiger partial charge in [-0.3, -0.25) is 9.78 Å².